The van der Waals surface area contributed by atoms with E-state index in [1.165, 1.54) is 16.2 Å². The van der Waals surface area contributed by atoms with E-state index in [0.717, 1.165) is 16.1 Å². The van der Waals surface area contributed by atoms with Gasteiger partial charge < -0.3 is 5.73 Å². The van der Waals surface area contributed by atoms with Crippen molar-refractivity contribution in [3.63, 3.8) is 0 Å². The molecule has 1 amide bonds. The fourth-order valence-corrected chi connectivity index (χ4v) is 3.93. The summed E-state index contributed by atoms with van der Waals surface area (Å²) in [7, 11) is 1.62. The highest BCUT2D eigenvalue weighted by Gasteiger charge is 2.36. The smallest absolute Gasteiger partial charge is 0.231 e. The van der Waals surface area contributed by atoms with E-state index in [9.17, 15) is 9.59 Å². The van der Waals surface area contributed by atoms with Crippen LogP contribution in [0.4, 0.5) is 0 Å². The molecule has 4 rings (SSSR count). The first-order valence-electron chi connectivity index (χ1n) is 8.52. The van der Waals surface area contributed by atoms with Crippen molar-refractivity contribution in [2.75, 3.05) is 7.05 Å². The van der Waals surface area contributed by atoms with Crippen molar-refractivity contribution in [2.24, 2.45) is 10.7 Å². The van der Waals surface area contributed by atoms with Crippen molar-refractivity contribution in [1.29, 1.82) is 0 Å². The molecule has 0 spiro atoms. The van der Waals surface area contributed by atoms with Crippen LogP contribution < -0.4 is 5.73 Å². The minimum absolute atomic E-state index is 0.0457. The molecule has 3 heterocycles. The number of hydrogen-bond acceptors (Lipinski definition) is 6. The summed E-state index contributed by atoms with van der Waals surface area (Å²) in [4.78, 5) is 35.9. The van der Waals surface area contributed by atoms with Gasteiger partial charge in [-0.3, -0.25) is 18.9 Å². The first-order chi connectivity index (χ1) is 12.9. The van der Waals surface area contributed by atoms with Crippen LogP contribution in [0.3, 0.4) is 0 Å². The minimum atomic E-state index is -0.732. The number of nitrogens with zero attached hydrogens (tertiary/aromatic N) is 4. The number of aromatic nitrogens is 2. The summed E-state index contributed by atoms with van der Waals surface area (Å²) in [5.41, 5.74) is 7.34. The number of carbonyl (C=O) groups excluding carboxylic acids is 2. The van der Waals surface area contributed by atoms with Crippen LogP contribution in [0.2, 0.25) is 0 Å². The number of fused-ring (bicyclic) bond motifs is 1. The fraction of sp³-hybridized carbons (Fsp3) is 0.263. The van der Waals surface area contributed by atoms with E-state index in [0.29, 0.717) is 5.69 Å². The summed E-state index contributed by atoms with van der Waals surface area (Å²) in [6.07, 6.45) is 4.10. The van der Waals surface area contributed by atoms with Gasteiger partial charge in [-0.2, -0.15) is 0 Å². The minimum Gasteiger partial charge on any atom is -0.369 e. The van der Waals surface area contributed by atoms with E-state index in [4.69, 9.17) is 5.73 Å². The average molecular weight is 381 g/mol. The van der Waals surface area contributed by atoms with E-state index >= 15 is 0 Å². The molecule has 3 aromatic rings. The predicted octanol–water partition coefficient (Wildman–Crippen LogP) is 2.21. The van der Waals surface area contributed by atoms with Gasteiger partial charge in [-0.1, -0.05) is 24.3 Å². The molecule has 1 aromatic carbocycles. The summed E-state index contributed by atoms with van der Waals surface area (Å²) >= 11 is 1.49. The lowest BCUT2D eigenvalue weighted by atomic mass is 9.86. The summed E-state index contributed by atoms with van der Waals surface area (Å²) in [5, 5.41) is 1.93. The maximum Gasteiger partial charge on any atom is 0.231 e. The third-order valence-electron chi connectivity index (χ3n) is 4.87. The number of rotatable bonds is 4. The SMILES string of the molecule is CN1C(=O)CC(C)(c2cccc(CC(=O)c3cn4ccsc4n3)c2)N=C1N. The maximum atomic E-state index is 12.6. The third-order valence-corrected chi connectivity index (χ3v) is 5.64. The second kappa shape index (κ2) is 6.31. The van der Waals surface area contributed by atoms with Crippen LogP contribution in [0.5, 0.6) is 0 Å². The Labute approximate surface area is 160 Å². The van der Waals surface area contributed by atoms with Crippen molar-refractivity contribution in [3.8, 4) is 0 Å². The van der Waals surface area contributed by atoms with Crippen molar-refractivity contribution >= 4 is 33.9 Å². The molecule has 7 nitrogen and oxygen atoms in total. The van der Waals surface area contributed by atoms with Gasteiger partial charge in [0.2, 0.25) is 5.91 Å². The summed E-state index contributed by atoms with van der Waals surface area (Å²) in [5.74, 6) is 0.0774. The van der Waals surface area contributed by atoms with Gasteiger partial charge in [0.1, 0.15) is 5.69 Å². The van der Waals surface area contributed by atoms with Crippen molar-refractivity contribution < 1.29 is 9.59 Å². The Morgan fingerprint density at radius 3 is 2.96 bits per heavy atom. The topological polar surface area (TPSA) is 93.1 Å². The number of aliphatic imine (C=N–C) groups is 1. The van der Waals surface area contributed by atoms with Crippen LogP contribution in [0.1, 0.15) is 35.0 Å². The third kappa shape index (κ3) is 3.12. The summed E-state index contributed by atoms with van der Waals surface area (Å²) in [6, 6.07) is 7.61. The molecule has 0 saturated heterocycles. The number of carbonyl (C=O) groups is 2. The van der Waals surface area contributed by atoms with Crippen molar-refractivity contribution in [3.05, 3.63) is 58.9 Å². The van der Waals surface area contributed by atoms with Crippen molar-refractivity contribution in [2.45, 2.75) is 25.3 Å². The van der Waals surface area contributed by atoms with Crippen LogP contribution >= 0.6 is 11.3 Å². The molecule has 8 heteroatoms. The van der Waals surface area contributed by atoms with Gasteiger partial charge in [0, 0.05) is 31.2 Å². The zero-order valence-electron chi connectivity index (χ0n) is 15.0. The molecular weight excluding hydrogens is 362 g/mol. The molecule has 2 N–H and O–H groups in total. The molecule has 1 aliphatic rings. The van der Waals surface area contributed by atoms with Gasteiger partial charge in [-0.05, 0) is 18.1 Å². The highest BCUT2D eigenvalue weighted by molar-refractivity contribution is 7.15. The molecule has 2 aromatic heterocycles. The van der Waals surface area contributed by atoms with Crippen LogP contribution in [-0.2, 0) is 16.8 Å². The van der Waals surface area contributed by atoms with Gasteiger partial charge in [-0.15, -0.1) is 11.3 Å². The summed E-state index contributed by atoms with van der Waals surface area (Å²) < 4.78 is 1.84. The van der Waals surface area contributed by atoms with Gasteiger partial charge in [0.05, 0.1) is 12.0 Å². The number of Topliss-reactive ketones (excluding diaryl/α,β-unsaturated/α-hetero) is 1. The Bertz CT molecular complexity index is 1050. The van der Waals surface area contributed by atoms with E-state index in [1.807, 2.05) is 47.2 Å². The normalized spacial score (nSPS) is 20.1. The van der Waals surface area contributed by atoms with Crippen LogP contribution in [-0.4, -0.2) is 39.0 Å². The molecule has 1 atom stereocenters. The molecule has 1 unspecified atom stereocenters. The second-order valence-corrected chi connectivity index (χ2v) is 7.77. The zero-order valence-corrected chi connectivity index (χ0v) is 15.9. The molecule has 1 aliphatic heterocycles. The van der Waals surface area contributed by atoms with E-state index in [2.05, 4.69) is 9.98 Å². The number of guanidine groups is 1. The monoisotopic (exact) mass is 381 g/mol. The van der Waals surface area contributed by atoms with Crippen LogP contribution in [0, 0.1) is 0 Å². The fourth-order valence-electron chi connectivity index (χ4n) is 3.23. The van der Waals surface area contributed by atoms with E-state index < -0.39 is 5.54 Å². The quantitative estimate of drug-likeness (QED) is 0.701. The second-order valence-electron chi connectivity index (χ2n) is 6.89. The highest BCUT2D eigenvalue weighted by Crippen LogP contribution is 2.33. The van der Waals surface area contributed by atoms with Gasteiger partial charge in [-0.25, -0.2) is 9.98 Å². The number of nitrogens with two attached hydrogens (primary N) is 1. The maximum absolute atomic E-state index is 12.6. The predicted molar refractivity (Wildman–Crippen MR) is 104 cm³/mol. The molecule has 138 valence electrons. The Morgan fingerprint density at radius 1 is 1.41 bits per heavy atom. The average Bonchev–Trinajstić information content (AvgIpc) is 3.22. The van der Waals surface area contributed by atoms with Crippen molar-refractivity contribution in [1.82, 2.24) is 14.3 Å². The van der Waals surface area contributed by atoms with E-state index in [-0.39, 0.29) is 30.5 Å². The number of benzene rings is 1. The first-order valence-corrected chi connectivity index (χ1v) is 9.40. The number of amides is 1. The molecular formula is C19H19N5O2S. The molecule has 0 aliphatic carbocycles. The lowest BCUT2D eigenvalue weighted by molar-refractivity contribution is -0.128. The van der Waals surface area contributed by atoms with E-state index in [1.54, 1.807) is 13.2 Å². The first kappa shape index (κ1) is 17.4. The molecule has 27 heavy (non-hydrogen) atoms. The Hall–Kier alpha value is -3.00. The molecule has 0 radical (unpaired) electrons. The Kier molecular flexibility index (Phi) is 4.07. The van der Waals surface area contributed by atoms with Crippen LogP contribution in [0.15, 0.2) is 47.0 Å². The van der Waals surface area contributed by atoms with Gasteiger partial charge in [0.15, 0.2) is 16.7 Å². The lowest BCUT2D eigenvalue weighted by Gasteiger charge is -2.33. The summed E-state index contributed by atoms with van der Waals surface area (Å²) in [6.45, 7) is 1.88. The molecule has 0 saturated carbocycles. The van der Waals surface area contributed by atoms with Gasteiger partial charge in [0.25, 0.3) is 0 Å². The number of imidazole rings is 1. The zero-order chi connectivity index (χ0) is 19.2. The molecule has 0 bridgehead atoms. The standard InChI is InChI=1S/C19H19N5O2S/c1-19(10-16(26)23(2)17(20)22-19)13-5-3-4-12(8-13)9-15(25)14-11-24-6-7-27-18(24)21-14/h3-8,11H,9-10H2,1-2H3,(H2,20,22). The number of ketones is 1. The number of hydrogen-bond donors (Lipinski definition) is 1. The largest absolute Gasteiger partial charge is 0.369 e. The Morgan fingerprint density at radius 2 is 2.22 bits per heavy atom. The highest BCUT2D eigenvalue weighted by atomic mass is 32.1. The molecule has 0 fully saturated rings. The lowest BCUT2D eigenvalue weighted by Crippen LogP contribution is -2.47. The van der Waals surface area contributed by atoms with Gasteiger partial charge >= 0.3 is 0 Å². The number of thiazole rings is 1. The van der Waals surface area contributed by atoms with Crippen LogP contribution in [0.25, 0.3) is 4.96 Å². The Balaban J connectivity index is 1.60.